The molecular weight excluding hydrogens is 474 g/mol. The summed E-state index contributed by atoms with van der Waals surface area (Å²) >= 11 is 1.86. The van der Waals surface area contributed by atoms with E-state index in [-0.39, 0.29) is 5.91 Å². The zero-order chi connectivity index (χ0) is 25.4. The third-order valence-electron chi connectivity index (χ3n) is 7.77. The van der Waals surface area contributed by atoms with Gasteiger partial charge in [-0.15, -0.1) is 11.3 Å². The maximum atomic E-state index is 11.9. The molecule has 1 amide bonds. The summed E-state index contributed by atoms with van der Waals surface area (Å²) in [7, 11) is 0. The fraction of sp³-hybridized carbons (Fsp3) is 0.242. The van der Waals surface area contributed by atoms with Crippen molar-refractivity contribution in [3.63, 3.8) is 0 Å². The van der Waals surface area contributed by atoms with Gasteiger partial charge in [-0.25, -0.2) is 5.06 Å². The van der Waals surface area contributed by atoms with Gasteiger partial charge in [0.2, 0.25) is 5.91 Å². The molecule has 0 saturated carbocycles. The number of fused-ring (bicyclic) bond motifs is 5. The molecule has 0 fully saturated rings. The standard InChI is InChI=1S/C33H31NO2S/c1-2-34(36)33(35)20-9-22-7-10-24(11-8-22)31-18-19-32(37-31)26-14-15-28-25(21-26)13-17-29-27-6-4-3-5-23(27)12-16-30(28)29/h3-8,10-11,13,17-19,21,36H,2,9,12,14-16,20H2,1H3. The molecule has 4 heteroatoms. The Morgan fingerprint density at radius 1 is 0.838 bits per heavy atom. The first-order valence-corrected chi connectivity index (χ1v) is 14.0. The van der Waals surface area contributed by atoms with E-state index in [0.717, 1.165) is 36.3 Å². The fourth-order valence-corrected chi connectivity index (χ4v) is 6.77. The van der Waals surface area contributed by atoms with E-state index in [0.29, 0.717) is 19.4 Å². The molecule has 0 unspecified atom stereocenters. The van der Waals surface area contributed by atoms with Crippen molar-refractivity contribution < 1.29 is 10.0 Å². The van der Waals surface area contributed by atoms with Gasteiger partial charge in [-0.3, -0.25) is 10.0 Å². The Morgan fingerprint density at radius 3 is 2.46 bits per heavy atom. The lowest BCUT2D eigenvalue weighted by Crippen LogP contribution is -2.27. The molecule has 0 spiro atoms. The van der Waals surface area contributed by atoms with E-state index in [1.165, 1.54) is 43.1 Å². The number of thiophene rings is 1. The van der Waals surface area contributed by atoms with Crippen molar-refractivity contribution in [2.24, 2.45) is 0 Å². The van der Waals surface area contributed by atoms with Crippen LogP contribution < -0.4 is 0 Å². The molecule has 3 aromatic carbocycles. The van der Waals surface area contributed by atoms with Crippen molar-refractivity contribution in [3.05, 3.63) is 105 Å². The highest BCUT2D eigenvalue weighted by Gasteiger charge is 2.23. The van der Waals surface area contributed by atoms with Gasteiger partial charge in [-0.05, 0) is 101 Å². The van der Waals surface area contributed by atoms with E-state index in [9.17, 15) is 10.0 Å². The normalized spacial score (nSPS) is 13.8. The van der Waals surface area contributed by atoms with Crippen molar-refractivity contribution in [3.8, 4) is 21.6 Å². The number of hydrogen-bond donors (Lipinski definition) is 1. The van der Waals surface area contributed by atoms with Crippen LogP contribution >= 0.6 is 11.3 Å². The number of nitrogens with zero attached hydrogens (tertiary/aromatic N) is 1. The average molecular weight is 506 g/mol. The fourth-order valence-electron chi connectivity index (χ4n) is 5.71. The van der Waals surface area contributed by atoms with Crippen LogP contribution in [0.25, 0.3) is 33.2 Å². The lowest BCUT2D eigenvalue weighted by molar-refractivity contribution is -0.164. The molecule has 2 aliphatic rings. The zero-order valence-corrected chi connectivity index (χ0v) is 22.0. The predicted molar refractivity (Wildman–Crippen MR) is 153 cm³/mol. The third-order valence-corrected chi connectivity index (χ3v) is 8.98. The van der Waals surface area contributed by atoms with Gasteiger partial charge in [0.25, 0.3) is 0 Å². The number of benzene rings is 3. The van der Waals surface area contributed by atoms with Crippen LogP contribution in [0, 0.1) is 0 Å². The Kier molecular flexibility index (Phi) is 6.54. The van der Waals surface area contributed by atoms with E-state index in [1.54, 1.807) is 18.1 Å². The third kappa shape index (κ3) is 4.68. The van der Waals surface area contributed by atoms with Crippen molar-refractivity contribution in [1.82, 2.24) is 5.06 Å². The molecular formula is C33H31NO2S. The summed E-state index contributed by atoms with van der Waals surface area (Å²) in [6.07, 6.45) is 7.83. The molecule has 0 atom stereocenters. The molecule has 2 aliphatic carbocycles. The molecule has 0 bridgehead atoms. The van der Waals surface area contributed by atoms with Crippen LogP contribution in [0.3, 0.4) is 0 Å². The Labute approximate surface area is 222 Å². The van der Waals surface area contributed by atoms with Crippen LogP contribution in [0.4, 0.5) is 0 Å². The summed E-state index contributed by atoms with van der Waals surface area (Å²) in [4.78, 5) is 14.5. The van der Waals surface area contributed by atoms with Crippen molar-refractivity contribution >= 4 is 28.9 Å². The van der Waals surface area contributed by atoms with Gasteiger partial charge in [0.05, 0.1) is 0 Å². The SMILES string of the molecule is CCN(O)C(=O)CCc1ccc(-c2ccc(C3=Cc4ccc5c(c4CC3)CCc3ccccc3-5)s2)cc1. The summed E-state index contributed by atoms with van der Waals surface area (Å²) in [6.45, 7) is 2.08. The number of hydrogen-bond acceptors (Lipinski definition) is 3. The van der Waals surface area contributed by atoms with E-state index in [2.05, 4.69) is 78.9 Å². The maximum Gasteiger partial charge on any atom is 0.246 e. The first kappa shape index (κ1) is 23.9. The van der Waals surface area contributed by atoms with E-state index >= 15 is 0 Å². The number of hydroxylamine groups is 2. The number of aryl methyl sites for hydroxylation is 2. The summed E-state index contributed by atoms with van der Waals surface area (Å²) < 4.78 is 0. The van der Waals surface area contributed by atoms with E-state index in [1.807, 2.05) is 11.3 Å². The Morgan fingerprint density at radius 2 is 1.62 bits per heavy atom. The first-order chi connectivity index (χ1) is 18.1. The van der Waals surface area contributed by atoms with Gasteiger partial charge >= 0.3 is 0 Å². The molecule has 0 saturated heterocycles. The number of carbonyl (C=O) groups is 1. The molecule has 1 aromatic heterocycles. The molecule has 4 aromatic rings. The Balaban J connectivity index is 1.19. The molecule has 1 heterocycles. The summed E-state index contributed by atoms with van der Waals surface area (Å²) in [5.74, 6) is -0.234. The molecule has 1 N–H and O–H groups in total. The van der Waals surface area contributed by atoms with Gasteiger partial charge in [0, 0.05) is 22.7 Å². The van der Waals surface area contributed by atoms with Gasteiger partial charge in [0.1, 0.15) is 0 Å². The van der Waals surface area contributed by atoms with Crippen molar-refractivity contribution in [2.45, 2.75) is 45.4 Å². The second kappa shape index (κ2) is 10.1. The highest BCUT2D eigenvalue weighted by Crippen LogP contribution is 2.42. The van der Waals surface area contributed by atoms with Crippen LogP contribution in [0.5, 0.6) is 0 Å². The minimum atomic E-state index is -0.234. The second-order valence-electron chi connectivity index (χ2n) is 9.96. The topological polar surface area (TPSA) is 40.5 Å². The van der Waals surface area contributed by atoms with Crippen LogP contribution in [0.1, 0.15) is 52.5 Å². The maximum absolute atomic E-state index is 11.9. The molecule has 6 rings (SSSR count). The Bertz CT molecular complexity index is 1500. The van der Waals surface area contributed by atoms with Gasteiger partial charge < -0.3 is 0 Å². The predicted octanol–water partition coefficient (Wildman–Crippen LogP) is 7.84. The summed E-state index contributed by atoms with van der Waals surface area (Å²) in [6, 6.07) is 26.5. The molecule has 0 aliphatic heterocycles. The highest BCUT2D eigenvalue weighted by atomic mass is 32.1. The average Bonchev–Trinajstić information content (AvgIpc) is 3.45. The molecule has 186 valence electrons. The quantitative estimate of drug-likeness (QED) is 0.214. The van der Waals surface area contributed by atoms with Crippen molar-refractivity contribution in [2.75, 3.05) is 6.54 Å². The van der Waals surface area contributed by atoms with E-state index < -0.39 is 0 Å². The molecule has 0 radical (unpaired) electrons. The lowest BCUT2D eigenvalue weighted by Gasteiger charge is -2.26. The van der Waals surface area contributed by atoms with Crippen LogP contribution in [-0.2, 0) is 30.5 Å². The van der Waals surface area contributed by atoms with Crippen LogP contribution in [0.15, 0.2) is 72.8 Å². The smallest absolute Gasteiger partial charge is 0.246 e. The van der Waals surface area contributed by atoms with Crippen LogP contribution in [-0.4, -0.2) is 22.7 Å². The number of carbonyl (C=O) groups excluding carboxylic acids is 1. The van der Waals surface area contributed by atoms with Gasteiger partial charge in [-0.1, -0.05) is 66.7 Å². The number of allylic oxidation sites excluding steroid dienone is 1. The van der Waals surface area contributed by atoms with E-state index in [4.69, 9.17) is 0 Å². The second-order valence-corrected chi connectivity index (χ2v) is 11.0. The minimum absolute atomic E-state index is 0.234. The van der Waals surface area contributed by atoms with Gasteiger partial charge in [0.15, 0.2) is 0 Å². The number of amides is 1. The van der Waals surface area contributed by atoms with Gasteiger partial charge in [-0.2, -0.15) is 0 Å². The first-order valence-electron chi connectivity index (χ1n) is 13.2. The summed E-state index contributed by atoms with van der Waals surface area (Å²) in [5.41, 5.74) is 12.6. The minimum Gasteiger partial charge on any atom is -0.286 e. The summed E-state index contributed by atoms with van der Waals surface area (Å²) in [5, 5.41) is 10.3. The molecule has 3 nitrogen and oxygen atoms in total. The van der Waals surface area contributed by atoms with Crippen molar-refractivity contribution in [1.29, 1.82) is 0 Å². The largest absolute Gasteiger partial charge is 0.286 e. The highest BCUT2D eigenvalue weighted by molar-refractivity contribution is 7.16. The Hall–Kier alpha value is -3.47. The monoisotopic (exact) mass is 505 g/mol. The number of rotatable bonds is 6. The van der Waals surface area contributed by atoms with Crippen LogP contribution in [0.2, 0.25) is 0 Å². The zero-order valence-electron chi connectivity index (χ0n) is 21.2. The lowest BCUT2D eigenvalue weighted by atomic mass is 9.78. The molecule has 37 heavy (non-hydrogen) atoms.